The number of rotatable bonds is 8. The van der Waals surface area contributed by atoms with Crippen LogP contribution in [0.4, 0.5) is 11.4 Å². The first-order valence-corrected chi connectivity index (χ1v) is 8.77. The summed E-state index contributed by atoms with van der Waals surface area (Å²) >= 11 is 0. The number of likely N-dealkylation sites (N-methyl/N-ethyl adjacent to an activating group) is 1. The van der Waals surface area contributed by atoms with Crippen LogP contribution in [0.3, 0.4) is 0 Å². The molecular weight excluding hydrogens is 288 g/mol. The van der Waals surface area contributed by atoms with Crippen LogP contribution in [0.5, 0.6) is 0 Å². The van der Waals surface area contributed by atoms with Crippen LogP contribution in [0.2, 0.25) is 0 Å². The van der Waals surface area contributed by atoms with E-state index in [1.807, 2.05) is 0 Å². The van der Waals surface area contributed by atoms with Crippen LogP contribution >= 0.6 is 0 Å². The van der Waals surface area contributed by atoms with E-state index in [1.54, 1.807) is 12.1 Å². The number of nitrogens with one attached hydrogen (secondary N) is 2. The summed E-state index contributed by atoms with van der Waals surface area (Å²) in [6.45, 7) is 5.00. The standard InChI is InChI=1S/C14H24N4O2S/c1-3-18(11-4-5-11)9-8-17-14-7-6-12(10-13(14)15)21(19,20)16-2/h6-7,10-11,16-17H,3-5,8-9,15H2,1-2H3. The molecule has 0 spiro atoms. The quantitative estimate of drug-likeness (QED) is 0.625. The highest BCUT2D eigenvalue weighted by Crippen LogP contribution is 2.26. The predicted molar refractivity (Wildman–Crippen MR) is 85.9 cm³/mol. The number of nitrogens with two attached hydrogens (primary N) is 1. The highest BCUT2D eigenvalue weighted by Gasteiger charge is 2.27. The van der Waals surface area contributed by atoms with Crippen LogP contribution in [0, 0.1) is 0 Å². The second-order valence-corrected chi connectivity index (χ2v) is 7.13. The van der Waals surface area contributed by atoms with E-state index in [0.717, 1.165) is 31.4 Å². The second kappa shape index (κ2) is 6.64. The van der Waals surface area contributed by atoms with E-state index in [4.69, 9.17) is 5.73 Å². The summed E-state index contributed by atoms with van der Waals surface area (Å²) in [5.41, 5.74) is 7.15. The van der Waals surface area contributed by atoms with Gasteiger partial charge in [-0.25, -0.2) is 13.1 Å². The summed E-state index contributed by atoms with van der Waals surface area (Å²) in [5, 5.41) is 3.28. The summed E-state index contributed by atoms with van der Waals surface area (Å²) in [7, 11) is -2.06. The first-order chi connectivity index (χ1) is 9.97. The zero-order chi connectivity index (χ0) is 15.5. The van der Waals surface area contributed by atoms with Gasteiger partial charge in [0.1, 0.15) is 0 Å². The number of hydrogen-bond acceptors (Lipinski definition) is 5. The molecule has 1 saturated carbocycles. The van der Waals surface area contributed by atoms with Crippen molar-refractivity contribution in [3.05, 3.63) is 18.2 Å². The topological polar surface area (TPSA) is 87.5 Å². The molecule has 21 heavy (non-hydrogen) atoms. The third-order valence-electron chi connectivity index (χ3n) is 3.79. The van der Waals surface area contributed by atoms with E-state index in [2.05, 4.69) is 21.9 Å². The lowest BCUT2D eigenvalue weighted by Gasteiger charge is -2.20. The van der Waals surface area contributed by atoms with Gasteiger partial charge in [0.2, 0.25) is 10.0 Å². The molecule has 118 valence electrons. The van der Waals surface area contributed by atoms with E-state index in [9.17, 15) is 8.42 Å². The highest BCUT2D eigenvalue weighted by atomic mass is 32.2. The lowest BCUT2D eigenvalue weighted by atomic mass is 10.2. The largest absolute Gasteiger partial charge is 0.397 e. The monoisotopic (exact) mass is 312 g/mol. The number of benzene rings is 1. The summed E-state index contributed by atoms with van der Waals surface area (Å²) < 4.78 is 25.7. The number of nitrogens with zero attached hydrogens (tertiary/aromatic N) is 1. The fourth-order valence-corrected chi connectivity index (χ4v) is 3.12. The molecule has 1 aromatic rings. The Hall–Kier alpha value is -1.31. The molecule has 0 heterocycles. The van der Waals surface area contributed by atoms with Crippen LogP contribution in [0.15, 0.2) is 23.1 Å². The molecule has 0 bridgehead atoms. The maximum absolute atomic E-state index is 11.7. The Morgan fingerprint density at radius 2 is 2.10 bits per heavy atom. The van der Waals surface area contributed by atoms with Crippen molar-refractivity contribution >= 4 is 21.4 Å². The molecule has 6 nitrogen and oxygen atoms in total. The van der Waals surface area contributed by atoms with Gasteiger partial charge in [-0.3, -0.25) is 4.90 Å². The van der Waals surface area contributed by atoms with Crippen LogP contribution in [0.1, 0.15) is 19.8 Å². The van der Waals surface area contributed by atoms with Gasteiger partial charge in [-0.05, 0) is 44.6 Å². The van der Waals surface area contributed by atoms with Gasteiger partial charge in [0.25, 0.3) is 0 Å². The fraction of sp³-hybridized carbons (Fsp3) is 0.571. The second-order valence-electron chi connectivity index (χ2n) is 5.24. The van der Waals surface area contributed by atoms with Crippen LogP contribution < -0.4 is 15.8 Å². The van der Waals surface area contributed by atoms with Gasteiger partial charge in [-0.15, -0.1) is 0 Å². The van der Waals surface area contributed by atoms with Crippen molar-refractivity contribution in [1.82, 2.24) is 9.62 Å². The van der Waals surface area contributed by atoms with Gasteiger partial charge >= 0.3 is 0 Å². The minimum absolute atomic E-state index is 0.182. The van der Waals surface area contributed by atoms with Crippen molar-refractivity contribution in [1.29, 1.82) is 0 Å². The zero-order valence-electron chi connectivity index (χ0n) is 12.6. The normalized spacial score (nSPS) is 15.4. The van der Waals surface area contributed by atoms with Crippen LogP contribution in [0.25, 0.3) is 0 Å². The van der Waals surface area contributed by atoms with Crippen LogP contribution in [-0.2, 0) is 10.0 Å². The van der Waals surface area contributed by atoms with Gasteiger partial charge in [0.05, 0.1) is 16.3 Å². The SMILES string of the molecule is CCN(CCNc1ccc(S(=O)(=O)NC)cc1N)C1CC1. The molecule has 0 radical (unpaired) electrons. The Labute approximate surface area is 126 Å². The smallest absolute Gasteiger partial charge is 0.240 e. The van der Waals surface area contributed by atoms with E-state index >= 15 is 0 Å². The van der Waals surface area contributed by atoms with Gasteiger partial charge in [0.15, 0.2) is 0 Å². The Bertz CT molecular complexity index is 585. The summed E-state index contributed by atoms with van der Waals surface area (Å²) in [6, 6.07) is 5.50. The predicted octanol–water partition coefficient (Wildman–Crippen LogP) is 1.07. The van der Waals surface area contributed by atoms with Crippen molar-refractivity contribution in [2.75, 3.05) is 37.7 Å². The Kier molecular flexibility index (Phi) is 5.08. The summed E-state index contributed by atoms with van der Waals surface area (Å²) in [6.07, 6.45) is 2.60. The van der Waals surface area contributed by atoms with E-state index in [-0.39, 0.29) is 4.90 Å². The molecule has 1 aliphatic rings. The molecule has 0 atom stereocenters. The maximum atomic E-state index is 11.7. The molecule has 0 amide bonds. The number of anilines is 2. The van der Waals surface area contributed by atoms with Crippen molar-refractivity contribution in [2.24, 2.45) is 0 Å². The third-order valence-corrected chi connectivity index (χ3v) is 5.20. The van der Waals surface area contributed by atoms with E-state index < -0.39 is 10.0 Å². The maximum Gasteiger partial charge on any atom is 0.240 e. The molecule has 0 unspecified atom stereocenters. The van der Waals surface area contributed by atoms with E-state index in [0.29, 0.717) is 5.69 Å². The minimum Gasteiger partial charge on any atom is -0.397 e. The zero-order valence-corrected chi connectivity index (χ0v) is 13.4. The fourth-order valence-electron chi connectivity index (χ4n) is 2.36. The highest BCUT2D eigenvalue weighted by molar-refractivity contribution is 7.89. The van der Waals surface area contributed by atoms with Gasteiger partial charge < -0.3 is 11.1 Å². The first-order valence-electron chi connectivity index (χ1n) is 7.29. The van der Waals surface area contributed by atoms with Gasteiger partial charge in [0, 0.05) is 19.1 Å². The van der Waals surface area contributed by atoms with Crippen molar-refractivity contribution in [2.45, 2.75) is 30.7 Å². The first kappa shape index (κ1) is 16.1. The van der Waals surface area contributed by atoms with Crippen molar-refractivity contribution < 1.29 is 8.42 Å². The molecule has 1 aromatic carbocycles. The average Bonchev–Trinajstić information content (AvgIpc) is 3.29. The minimum atomic E-state index is -3.44. The molecule has 0 aliphatic heterocycles. The average molecular weight is 312 g/mol. The summed E-state index contributed by atoms with van der Waals surface area (Å²) in [4.78, 5) is 2.63. The molecule has 0 saturated heterocycles. The number of sulfonamides is 1. The number of hydrogen-bond donors (Lipinski definition) is 3. The van der Waals surface area contributed by atoms with Gasteiger partial charge in [-0.1, -0.05) is 6.92 Å². The summed E-state index contributed by atoms with van der Waals surface area (Å²) in [5.74, 6) is 0. The Balaban J connectivity index is 1.95. The Morgan fingerprint density at radius 1 is 1.38 bits per heavy atom. The molecule has 1 fully saturated rings. The molecule has 1 aliphatic carbocycles. The lowest BCUT2D eigenvalue weighted by Crippen LogP contribution is -2.31. The molecule has 4 N–H and O–H groups in total. The molecular formula is C14H24N4O2S. The van der Waals surface area contributed by atoms with Crippen LogP contribution in [-0.4, -0.2) is 46.0 Å². The van der Waals surface area contributed by atoms with Crippen molar-refractivity contribution in [3.8, 4) is 0 Å². The Morgan fingerprint density at radius 3 is 2.62 bits per heavy atom. The lowest BCUT2D eigenvalue weighted by molar-refractivity contribution is 0.289. The van der Waals surface area contributed by atoms with Crippen molar-refractivity contribution in [3.63, 3.8) is 0 Å². The number of nitrogen functional groups attached to an aromatic ring is 1. The molecule has 2 rings (SSSR count). The third kappa shape index (κ3) is 4.09. The molecule has 0 aromatic heterocycles. The van der Waals surface area contributed by atoms with E-state index in [1.165, 1.54) is 26.0 Å². The molecule has 7 heteroatoms. The van der Waals surface area contributed by atoms with Gasteiger partial charge in [-0.2, -0.15) is 0 Å².